The second-order valence-electron chi connectivity index (χ2n) is 7.89. The second kappa shape index (κ2) is 10.1. The van der Waals surface area contributed by atoms with E-state index in [1.807, 2.05) is 47.4 Å². The smallest absolute Gasteiger partial charge is 0.223 e. The van der Waals surface area contributed by atoms with Crippen LogP contribution in [0.3, 0.4) is 0 Å². The van der Waals surface area contributed by atoms with Crippen LogP contribution >= 0.6 is 0 Å². The van der Waals surface area contributed by atoms with Crippen molar-refractivity contribution in [1.82, 2.24) is 9.88 Å². The molecule has 0 N–H and O–H groups in total. The third-order valence-electron chi connectivity index (χ3n) is 5.33. The van der Waals surface area contributed by atoms with E-state index < -0.39 is 0 Å². The number of carbonyl (C=O) groups excluding carboxylic acids is 1. The molecule has 0 fully saturated rings. The first-order valence-electron chi connectivity index (χ1n) is 10.8. The van der Waals surface area contributed by atoms with E-state index in [-0.39, 0.29) is 5.91 Å². The van der Waals surface area contributed by atoms with Gasteiger partial charge in [0.05, 0.1) is 25.5 Å². The summed E-state index contributed by atoms with van der Waals surface area (Å²) < 4.78 is 11.5. The lowest BCUT2D eigenvalue weighted by Crippen LogP contribution is -2.30. The van der Waals surface area contributed by atoms with Crippen LogP contribution in [0.25, 0.3) is 0 Å². The van der Waals surface area contributed by atoms with E-state index in [2.05, 4.69) is 30.1 Å². The molecule has 3 aromatic rings. The number of fused-ring (bicyclic) bond motifs is 1. The van der Waals surface area contributed by atoms with Gasteiger partial charge in [0.15, 0.2) is 11.5 Å². The van der Waals surface area contributed by atoms with Crippen LogP contribution < -0.4 is 9.47 Å². The maximum Gasteiger partial charge on any atom is 0.223 e. The van der Waals surface area contributed by atoms with Gasteiger partial charge in [0.2, 0.25) is 5.91 Å². The van der Waals surface area contributed by atoms with Gasteiger partial charge in [-0.15, -0.1) is 0 Å². The van der Waals surface area contributed by atoms with E-state index in [0.29, 0.717) is 39.1 Å². The fourth-order valence-electron chi connectivity index (χ4n) is 3.72. The first kappa shape index (κ1) is 20.9. The number of carbonyl (C=O) groups is 1. The zero-order valence-electron chi connectivity index (χ0n) is 17.9. The normalized spacial score (nSPS) is 12.8. The summed E-state index contributed by atoms with van der Waals surface area (Å²) in [6.07, 6.45) is 3.73. The molecule has 160 valence electrons. The molecule has 2 heterocycles. The van der Waals surface area contributed by atoms with Crippen molar-refractivity contribution in [2.45, 2.75) is 39.3 Å². The monoisotopic (exact) mass is 416 g/mol. The van der Waals surface area contributed by atoms with E-state index in [0.717, 1.165) is 34.7 Å². The molecule has 1 aliphatic rings. The van der Waals surface area contributed by atoms with Crippen LogP contribution in [0, 0.1) is 6.92 Å². The summed E-state index contributed by atoms with van der Waals surface area (Å²) in [5.41, 5.74) is 4.28. The van der Waals surface area contributed by atoms with Gasteiger partial charge in [-0.3, -0.25) is 9.78 Å². The molecule has 0 unspecified atom stereocenters. The van der Waals surface area contributed by atoms with Crippen LogP contribution in [-0.4, -0.2) is 29.0 Å². The van der Waals surface area contributed by atoms with Gasteiger partial charge in [0.25, 0.3) is 0 Å². The Morgan fingerprint density at radius 2 is 1.81 bits per heavy atom. The third kappa shape index (κ3) is 5.85. The number of aryl methyl sites for hydroxylation is 2. The van der Waals surface area contributed by atoms with Crippen molar-refractivity contribution < 1.29 is 14.3 Å². The van der Waals surface area contributed by atoms with E-state index in [1.165, 1.54) is 5.56 Å². The van der Waals surface area contributed by atoms with Crippen molar-refractivity contribution in [3.63, 3.8) is 0 Å². The van der Waals surface area contributed by atoms with Gasteiger partial charge in [-0.2, -0.15) is 0 Å². The van der Waals surface area contributed by atoms with Crippen molar-refractivity contribution in [3.05, 3.63) is 89.2 Å². The molecule has 0 aliphatic carbocycles. The van der Waals surface area contributed by atoms with Crippen LogP contribution in [0.15, 0.2) is 66.9 Å². The summed E-state index contributed by atoms with van der Waals surface area (Å²) in [4.78, 5) is 19.5. The number of rotatable bonds is 7. The average Bonchev–Trinajstić information content (AvgIpc) is 3.03. The molecule has 5 nitrogen and oxygen atoms in total. The molecule has 0 saturated carbocycles. The summed E-state index contributed by atoms with van der Waals surface area (Å²) in [5, 5.41) is 0. The van der Waals surface area contributed by atoms with E-state index in [9.17, 15) is 4.79 Å². The molecule has 1 aromatic heterocycles. The van der Waals surface area contributed by atoms with Crippen molar-refractivity contribution >= 4 is 5.91 Å². The van der Waals surface area contributed by atoms with Crippen LogP contribution in [0.5, 0.6) is 11.5 Å². The minimum Gasteiger partial charge on any atom is -0.490 e. The highest BCUT2D eigenvalue weighted by atomic mass is 16.5. The van der Waals surface area contributed by atoms with Gasteiger partial charge in [-0.25, -0.2) is 0 Å². The van der Waals surface area contributed by atoms with Crippen LogP contribution in [0.4, 0.5) is 0 Å². The van der Waals surface area contributed by atoms with E-state index >= 15 is 0 Å². The summed E-state index contributed by atoms with van der Waals surface area (Å²) >= 11 is 0. The molecule has 4 rings (SSSR count). The predicted octanol–water partition coefficient (Wildman–Crippen LogP) is 4.71. The Bertz CT molecular complexity index is 1020. The molecule has 0 atom stereocenters. The molecule has 1 aliphatic heterocycles. The fourth-order valence-corrected chi connectivity index (χ4v) is 3.72. The second-order valence-corrected chi connectivity index (χ2v) is 7.89. The highest BCUT2D eigenvalue weighted by molar-refractivity contribution is 5.76. The molecule has 0 radical (unpaired) electrons. The Morgan fingerprint density at radius 3 is 2.61 bits per heavy atom. The van der Waals surface area contributed by atoms with E-state index in [1.54, 1.807) is 6.20 Å². The Morgan fingerprint density at radius 1 is 0.935 bits per heavy atom. The number of hydrogen-bond donors (Lipinski definition) is 0. The fraction of sp³-hybridized carbons (Fsp3) is 0.308. The standard InChI is InChI=1S/C26H28N2O3/c1-20-6-4-7-22(16-20)18-28(19-23-8-2-3-13-27-23)26(29)12-10-21-9-11-24-25(17-21)31-15-5-14-30-24/h2-4,6-9,11,13,16-17H,5,10,12,14-15,18-19H2,1H3. The van der Waals surface area contributed by atoms with Crippen LogP contribution in [-0.2, 0) is 24.3 Å². The van der Waals surface area contributed by atoms with Crippen molar-refractivity contribution in [2.75, 3.05) is 13.2 Å². The van der Waals surface area contributed by atoms with Gasteiger partial charge in [-0.05, 0) is 48.7 Å². The quantitative estimate of drug-likeness (QED) is 0.560. The SMILES string of the molecule is Cc1cccc(CN(Cc2ccccn2)C(=O)CCc2ccc3c(c2)OCCCO3)c1. The molecule has 0 saturated heterocycles. The van der Waals surface area contributed by atoms with Crippen molar-refractivity contribution in [1.29, 1.82) is 0 Å². The highest BCUT2D eigenvalue weighted by Crippen LogP contribution is 2.30. The zero-order valence-corrected chi connectivity index (χ0v) is 17.9. The molecule has 0 spiro atoms. The Labute approximate surface area is 183 Å². The lowest BCUT2D eigenvalue weighted by molar-refractivity contribution is -0.132. The summed E-state index contributed by atoms with van der Waals surface area (Å²) in [7, 11) is 0. The van der Waals surface area contributed by atoms with Gasteiger partial charge >= 0.3 is 0 Å². The maximum absolute atomic E-state index is 13.2. The first-order valence-corrected chi connectivity index (χ1v) is 10.8. The Kier molecular flexibility index (Phi) is 6.82. The largest absolute Gasteiger partial charge is 0.490 e. The Hall–Kier alpha value is -3.34. The summed E-state index contributed by atoms with van der Waals surface area (Å²) in [6.45, 7) is 4.46. The number of benzene rings is 2. The number of pyridine rings is 1. The number of aromatic nitrogens is 1. The lowest BCUT2D eigenvalue weighted by atomic mass is 10.1. The number of amides is 1. The van der Waals surface area contributed by atoms with Crippen LogP contribution in [0.2, 0.25) is 0 Å². The van der Waals surface area contributed by atoms with Gasteiger partial charge < -0.3 is 14.4 Å². The average molecular weight is 417 g/mol. The Balaban J connectivity index is 1.45. The number of nitrogens with zero attached hydrogens (tertiary/aromatic N) is 2. The number of hydrogen-bond acceptors (Lipinski definition) is 4. The molecule has 2 aromatic carbocycles. The first-order chi connectivity index (χ1) is 15.2. The van der Waals surface area contributed by atoms with Crippen molar-refractivity contribution in [3.8, 4) is 11.5 Å². The minimum absolute atomic E-state index is 0.110. The number of ether oxygens (including phenoxy) is 2. The minimum atomic E-state index is 0.110. The molecular formula is C26H28N2O3. The molecule has 5 heteroatoms. The molecule has 1 amide bonds. The topological polar surface area (TPSA) is 51.7 Å². The van der Waals surface area contributed by atoms with Crippen molar-refractivity contribution in [2.24, 2.45) is 0 Å². The van der Waals surface area contributed by atoms with Gasteiger partial charge in [-0.1, -0.05) is 42.0 Å². The van der Waals surface area contributed by atoms with Gasteiger partial charge in [0, 0.05) is 25.6 Å². The lowest BCUT2D eigenvalue weighted by Gasteiger charge is -2.23. The third-order valence-corrected chi connectivity index (χ3v) is 5.33. The predicted molar refractivity (Wildman–Crippen MR) is 120 cm³/mol. The molecule has 0 bridgehead atoms. The van der Waals surface area contributed by atoms with Gasteiger partial charge in [0.1, 0.15) is 0 Å². The zero-order chi connectivity index (χ0) is 21.5. The highest BCUT2D eigenvalue weighted by Gasteiger charge is 2.17. The summed E-state index contributed by atoms with van der Waals surface area (Å²) in [5.74, 6) is 1.66. The summed E-state index contributed by atoms with van der Waals surface area (Å²) in [6, 6.07) is 20.1. The molecule has 31 heavy (non-hydrogen) atoms. The van der Waals surface area contributed by atoms with Crippen LogP contribution in [0.1, 0.15) is 35.2 Å². The molecular weight excluding hydrogens is 388 g/mol. The maximum atomic E-state index is 13.2. The van der Waals surface area contributed by atoms with E-state index in [4.69, 9.17) is 9.47 Å².